The Morgan fingerprint density at radius 1 is 1.08 bits per heavy atom. The summed E-state index contributed by atoms with van der Waals surface area (Å²) in [5.74, 6) is -2.18. The molecule has 3 rings (SSSR count). The van der Waals surface area contributed by atoms with Crippen molar-refractivity contribution in [2.75, 3.05) is 0 Å². The van der Waals surface area contributed by atoms with Crippen molar-refractivity contribution in [3.05, 3.63) is 70.3 Å². The maximum Gasteiger partial charge on any atom is 0.450 e. The lowest BCUT2D eigenvalue weighted by Gasteiger charge is -2.15. The zero-order valence-corrected chi connectivity index (χ0v) is 13.2. The molecule has 0 aliphatic rings. The number of carbonyl (C=O) groups is 1. The molecule has 25 heavy (non-hydrogen) atoms. The minimum atomic E-state index is -4.99. The van der Waals surface area contributed by atoms with Crippen molar-refractivity contribution >= 4 is 16.7 Å². The summed E-state index contributed by atoms with van der Waals surface area (Å²) in [7, 11) is 0. The molecule has 0 saturated heterocycles. The third-order valence-corrected chi connectivity index (χ3v) is 3.84. The van der Waals surface area contributed by atoms with Crippen molar-refractivity contribution in [1.82, 2.24) is 9.55 Å². The van der Waals surface area contributed by atoms with Crippen molar-refractivity contribution in [2.24, 2.45) is 0 Å². The predicted octanol–water partition coefficient (Wildman–Crippen LogP) is 3.37. The lowest BCUT2D eigenvalue weighted by Crippen LogP contribution is -2.30. The molecular weight excluding hydrogens is 333 g/mol. The summed E-state index contributed by atoms with van der Waals surface area (Å²) in [4.78, 5) is 28.5. The summed E-state index contributed by atoms with van der Waals surface area (Å²) in [6, 6.07) is 13.1. The molecule has 0 atom stereocenters. The molecule has 0 fully saturated rings. The number of halogens is 3. The van der Waals surface area contributed by atoms with E-state index in [-0.39, 0.29) is 16.7 Å². The number of aryl methyl sites for hydroxylation is 1. The zero-order chi connectivity index (χ0) is 18.2. The molecule has 0 aliphatic heterocycles. The van der Waals surface area contributed by atoms with Crippen LogP contribution in [-0.4, -0.2) is 21.5 Å². The first-order chi connectivity index (χ1) is 11.8. The number of benzene rings is 2. The Hall–Kier alpha value is -2.96. The van der Waals surface area contributed by atoms with Gasteiger partial charge in [-0.1, -0.05) is 30.3 Å². The van der Waals surface area contributed by atoms with E-state index >= 15 is 0 Å². The average Bonchev–Trinajstić information content (AvgIpc) is 2.55. The van der Waals surface area contributed by atoms with E-state index in [2.05, 4.69) is 4.98 Å². The average molecular weight is 346 g/mol. The van der Waals surface area contributed by atoms with Crippen LogP contribution < -0.4 is 5.56 Å². The van der Waals surface area contributed by atoms with Gasteiger partial charge in [0, 0.05) is 0 Å². The van der Waals surface area contributed by atoms with Gasteiger partial charge in [0.1, 0.15) is 5.82 Å². The normalized spacial score (nSPS) is 11.7. The second kappa shape index (κ2) is 6.16. The molecule has 2 aromatic carbocycles. The largest absolute Gasteiger partial charge is 0.450 e. The van der Waals surface area contributed by atoms with Crippen molar-refractivity contribution in [2.45, 2.75) is 19.5 Å². The fourth-order valence-electron chi connectivity index (χ4n) is 2.60. The first kappa shape index (κ1) is 16.9. The number of aromatic nitrogens is 2. The third kappa shape index (κ3) is 3.17. The van der Waals surface area contributed by atoms with Gasteiger partial charge in [-0.3, -0.25) is 14.2 Å². The Morgan fingerprint density at radius 3 is 2.40 bits per heavy atom. The molecule has 1 heterocycles. The Bertz CT molecular complexity index is 1020. The van der Waals surface area contributed by atoms with Crippen LogP contribution in [0.3, 0.4) is 0 Å². The van der Waals surface area contributed by atoms with Gasteiger partial charge in [0.2, 0.25) is 5.78 Å². The summed E-state index contributed by atoms with van der Waals surface area (Å²) in [5, 5.41) is 0.272. The lowest BCUT2D eigenvalue weighted by molar-refractivity contribution is -0.170. The fourth-order valence-corrected chi connectivity index (χ4v) is 2.60. The van der Waals surface area contributed by atoms with Crippen LogP contribution in [0.5, 0.6) is 0 Å². The Kier molecular flexibility index (Phi) is 4.16. The highest BCUT2D eigenvalue weighted by Gasteiger charge is 2.39. The number of hydrogen-bond donors (Lipinski definition) is 0. The molecule has 0 aliphatic carbocycles. The van der Waals surface area contributed by atoms with Gasteiger partial charge >= 0.3 is 6.18 Å². The Balaban J connectivity index is 2.31. The third-order valence-electron chi connectivity index (χ3n) is 3.84. The highest BCUT2D eigenvalue weighted by molar-refractivity contribution is 5.86. The number of nitrogens with zero attached hydrogens (tertiary/aromatic N) is 2. The summed E-state index contributed by atoms with van der Waals surface area (Å²) in [6.45, 7) is 1.73. The Morgan fingerprint density at radius 2 is 1.72 bits per heavy atom. The minimum absolute atomic E-state index is 0.236. The fraction of sp³-hybridized carbons (Fsp3) is 0.167. The van der Waals surface area contributed by atoms with E-state index in [9.17, 15) is 22.8 Å². The summed E-state index contributed by atoms with van der Waals surface area (Å²) >= 11 is 0. The lowest BCUT2D eigenvalue weighted by atomic mass is 10.1. The highest BCUT2D eigenvalue weighted by Crippen LogP contribution is 2.21. The van der Waals surface area contributed by atoms with Crippen molar-refractivity contribution in [3.8, 4) is 5.69 Å². The highest BCUT2D eigenvalue weighted by atomic mass is 19.4. The number of carbonyl (C=O) groups excluding carboxylic acids is 1. The molecule has 0 spiro atoms. The minimum Gasteiger partial charge on any atom is -0.289 e. The Labute approximate surface area is 140 Å². The summed E-state index contributed by atoms with van der Waals surface area (Å²) in [5.41, 5.74) is 0.824. The SMILES string of the molecule is Cc1ccccc1-n1c(CC(=O)C(F)(F)F)nc2ccccc2c1=O. The van der Waals surface area contributed by atoms with Gasteiger partial charge < -0.3 is 0 Å². The smallest absolute Gasteiger partial charge is 0.289 e. The van der Waals surface area contributed by atoms with Crippen LogP contribution in [0.4, 0.5) is 13.2 Å². The number of hydrogen-bond acceptors (Lipinski definition) is 3. The quantitative estimate of drug-likeness (QED) is 0.731. The number of para-hydroxylation sites is 2. The standard InChI is InChI=1S/C18H13F3N2O2/c1-11-6-2-5-9-14(11)23-16(10-15(24)18(19,20)21)22-13-8-4-3-7-12(13)17(23)25/h2-9H,10H2,1H3. The zero-order valence-electron chi connectivity index (χ0n) is 13.2. The van der Waals surface area contributed by atoms with Crippen LogP contribution in [0, 0.1) is 6.92 Å². The number of alkyl halides is 3. The van der Waals surface area contributed by atoms with Crippen LogP contribution in [0.1, 0.15) is 11.4 Å². The topological polar surface area (TPSA) is 52.0 Å². The second-order valence-corrected chi connectivity index (χ2v) is 5.57. The van der Waals surface area contributed by atoms with E-state index in [1.807, 2.05) is 0 Å². The maximum atomic E-state index is 12.9. The van der Waals surface area contributed by atoms with Gasteiger partial charge in [0.05, 0.1) is 23.0 Å². The van der Waals surface area contributed by atoms with Gasteiger partial charge in [-0.25, -0.2) is 4.98 Å². The molecule has 0 N–H and O–H groups in total. The van der Waals surface area contributed by atoms with E-state index in [0.29, 0.717) is 11.3 Å². The van der Waals surface area contributed by atoms with Crippen molar-refractivity contribution in [1.29, 1.82) is 0 Å². The molecule has 3 aromatic rings. The molecule has 4 nitrogen and oxygen atoms in total. The van der Waals surface area contributed by atoms with E-state index in [0.717, 1.165) is 4.57 Å². The van der Waals surface area contributed by atoms with Crippen molar-refractivity contribution < 1.29 is 18.0 Å². The van der Waals surface area contributed by atoms with Crippen LogP contribution in [-0.2, 0) is 11.2 Å². The first-order valence-electron chi connectivity index (χ1n) is 7.46. The van der Waals surface area contributed by atoms with E-state index in [4.69, 9.17) is 0 Å². The number of Topliss-reactive ketones (excluding diaryl/α,β-unsaturated/α-hetero) is 1. The number of fused-ring (bicyclic) bond motifs is 1. The molecule has 0 radical (unpaired) electrons. The molecule has 0 bridgehead atoms. The second-order valence-electron chi connectivity index (χ2n) is 5.57. The predicted molar refractivity (Wildman–Crippen MR) is 86.8 cm³/mol. The summed E-state index contributed by atoms with van der Waals surface area (Å²) < 4.78 is 39.2. The van der Waals surface area contributed by atoms with Crippen LogP contribution in [0.25, 0.3) is 16.6 Å². The first-order valence-corrected chi connectivity index (χ1v) is 7.46. The van der Waals surface area contributed by atoms with E-state index in [1.54, 1.807) is 49.4 Å². The number of rotatable bonds is 3. The van der Waals surface area contributed by atoms with Crippen LogP contribution in [0.15, 0.2) is 53.3 Å². The number of ketones is 1. The molecule has 0 unspecified atom stereocenters. The van der Waals surface area contributed by atoms with Crippen LogP contribution in [0.2, 0.25) is 0 Å². The molecule has 0 amide bonds. The van der Waals surface area contributed by atoms with Gasteiger partial charge in [-0.15, -0.1) is 0 Å². The molecule has 7 heteroatoms. The molecule has 1 aromatic heterocycles. The molecule has 128 valence electrons. The van der Waals surface area contributed by atoms with Gasteiger partial charge in [0.15, 0.2) is 0 Å². The monoisotopic (exact) mass is 346 g/mol. The van der Waals surface area contributed by atoms with Crippen molar-refractivity contribution in [3.63, 3.8) is 0 Å². The summed E-state index contributed by atoms with van der Waals surface area (Å²) in [6.07, 6.45) is -5.99. The van der Waals surface area contributed by atoms with E-state index in [1.165, 1.54) is 6.07 Å². The molecular formula is C18H13F3N2O2. The van der Waals surface area contributed by atoms with Gasteiger partial charge in [0.25, 0.3) is 5.56 Å². The molecule has 0 saturated carbocycles. The van der Waals surface area contributed by atoms with Crippen LogP contribution >= 0.6 is 0 Å². The van der Waals surface area contributed by atoms with E-state index < -0.39 is 23.9 Å². The van der Waals surface area contributed by atoms with Gasteiger partial charge in [-0.05, 0) is 30.7 Å². The van der Waals surface area contributed by atoms with Gasteiger partial charge in [-0.2, -0.15) is 13.2 Å². The maximum absolute atomic E-state index is 12.9.